The van der Waals surface area contributed by atoms with Crippen molar-refractivity contribution in [3.8, 4) is 0 Å². The predicted molar refractivity (Wildman–Crippen MR) is 103 cm³/mol. The van der Waals surface area contributed by atoms with Crippen molar-refractivity contribution >= 4 is 5.97 Å². The highest BCUT2D eigenvalue weighted by molar-refractivity contribution is 5.86. The van der Waals surface area contributed by atoms with Gasteiger partial charge in [-0.05, 0) is 52.8 Å². The Labute approximate surface area is 156 Å². The summed E-state index contributed by atoms with van der Waals surface area (Å²) in [6, 6.07) is 4.73. The molecule has 1 aliphatic rings. The summed E-state index contributed by atoms with van der Waals surface area (Å²) in [5.74, 6) is -0.460. The number of nitrogens with zero attached hydrogens (tertiary/aromatic N) is 2. The first kappa shape index (κ1) is 18.6. The summed E-state index contributed by atoms with van der Waals surface area (Å²) in [6.07, 6.45) is 6.28. The predicted octanol–water partition coefficient (Wildman–Crippen LogP) is 4.51. The van der Waals surface area contributed by atoms with E-state index in [0.29, 0.717) is 6.42 Å². The second-order valence-corrected chi connectivity index (χ2v) is 8.65. The number of esters is 1. The molecule has 0 saturated carbocycles. The minimum Gasteiger partial charge on any atom is -0.464 e. The van der Waals surface area contributed by atoms with Gasteiger partial charge in [-0.2, -0.15) is 0 Å². The molecule has 26 heavy (non-hydrogen) atoms. The summed E-state index contributed by atoms with van der Waals surface area (Å²) >= 11 is 0. The van der Waals surface area contributed by atoms with Crippen LogP contribution in [0.5, 0.6) is 0 Å². The fourth-order valence-corrected chi connectivity index (χ4v) is 3.81. The van der Waals surface area contributed by atoms with Crippen LogP contribution in [-0.2, 0) is 22.0 Å². The van der Waals surface area contributed by atoms with Crippen LogP contribution in [0.25, 0.3) is 0 Å². The van der Waals surface area contributed by atoms with E-state index in [1.807, 2.05) is 0 Å². The molecule has 1 aromatic heterocycles. The molecule has 0 radical (unpaired) electrons. The molecule has 0 N–H and O–H groups in total. The summed E-state index contributed by atoms with van der Waals surface area (Å²) in [5.41, 5.74) is 6.98. The number of ether oxygens (including phenoxy) is 1. The van der Waals surface area contributed by atoms with E-state index in [9.17, 15) is 4.79 Å². The molecule has 1 aromatic carbocycles. The van der Waals surface area contributed by atoms with Crippen LogP contribution in [-0.4, -0.2) is 23.0 Å². The van der Waals surface area contributed by atoms with Crippen molar-refractivity contribution in [2.75, 3.05) is 7.11 Å². The van der Waals surface area contributed by atoms with Crippen molar-refractivity contribution < 1.29 is 9.53 Å². The van der Waals surface area contributed by atoms with Gasteiger partial charge in [0.25, 0.3) is 0 Å². The summed E-state index contributed by atoms with van der Waals surface area (Å²) in [6.45, 7) is 11.5. The van der Waals surface area contributed by atoms with Gasteiger partial charge in [0.05, 0.1) is 19.0 Å². The molecule has 0 amide bonds. The van der Waals surface area contributed by atoms with E-state index in [1.165, 1.54) is 48.4 Å². The molecule has 1 heterocycles. The van der Waals surface area contributed by atoms with Crippen molar-refractivity contribution in [2.24, 2.45) is 0 Å². The number of hydrogen-bond acceptors (Lipinski definition) is 4. The van der Waals surface area contributed by atoms with Crippen molar-refractivity contribution in [3.05, 3.63) is 58.2 Å². The highest BCUT2D eigenvalue weighted by atomic mass is 16.5. The Hall–Kier alpha value is -2.23. The summed E-state index contributed by atoms with van der Waals surface area (Å²) in [5, 5.41) is 0. The fourth-order valence-electron chi connectivity index (χ4n) is 3.81. The number of carbonyl (C=O) groups excluding carboxylic acids is 1. The maximum absolute atomic E-state index is 11.5. The molecule has 1 aliphatic carbocycles. The van der Waals surface area contributed by atoms with Gasteiger partial charge in [-0.25, -0.2) is 9.78 Å². The topological polar surface area (TPSA) is 52.1 Å². The lowest BCUT2D eigenvalue weighted by atomic mass is 9.62. The number of benzene rings is 1. The molecule has 4 heteroatoms. The maximum Gasteiger partial charge on any atom is 0.358 e. The van der Waals surface area contributed by atoms with Crippen LogP contribution in [0, 0.1) is 6.92 Å². The van der Waals surface area contributed by atoms with Gasteiger partial charge in [0.1, 0.15) is 0 Å². The van der Waals surface area contributed by atoms with E-state index in [-0.39, 0.29) is 16.5 Å². The van der Waals surface area contributed by atoms with Gasteiger partial charge in [0.2, 0.25) is 0 Å². The van der Waals surface area contributed by atoms with Gasteiger partial charge in [-0.15, -0.1) is 0 Å². The summed E-state index contributed by atoms with van der Waals surface area (Å²) in [7, 11) is 1.34. The number of fused-ring (bicyclic) bond motifs is 1. The first-order chi connectivity index (χ1) is 12.1. The lowest BCUT2D eigenvalue weighted by Crippen LogP contribution is -2.34. The monoisotopic (exact) mass is 352 g/mol. The number of methoxy groups -OCH3 is 1. The van der Waals surface area contributed by atoms with Crippen molar-refractivity contribution in [1.82, 2.24) is 9.97 Å². The van der Waals surface area contributed by atoms with E-state index in [2.05, 4.69) is 61.5 Å². The Morgan fingerprint density at radius 2 is 1.65 bits per heavy atom. The second-order valence-electron chi connectivity index (χ2n) is 8.65. The van der Waals surface area contributed by atoms with Crippen LogP contribution in [0.15, 0.2) is 24.5 Å². The van der Waals surface area contributed by atoms with E-state index in [1.54, 1.807) is 6.20 Å². The third kappa shape index (κ3) is 3.37. The molecule has 0 aliphatic heterocycles. The van der Waals surface area contributed by atoms with Crippen LogP contribution >= 0.6 is 0 Å². The molecular formula is C22H28N2O2. The van der Waals surface area contributed by atoms with Gasteiger partial charge in [-0.1, -0.05) is 39.8 Å². The zero-order valence-corrected chi connectivity index (χ0v) is 16.6. The van der Waals surface area contributed by atoms with Crippen molar-refractivity contribution in [1.29, 1.82) is 0 Å². The van der Waals surface area contributed by atoms with Gasteiger partial charge in [0, 0.05) is 12.6 Å². The van der Waals surface area contributed by atoms with E-state index < -0.39 is 5.97 Å². The zero-order valence-electron chi connectivity index (χ0n) is 16.6. The lowest BCUT2D eigenvalue weighted by Gasteiger charge is -2.42. The van der Waals surface area contributed by atoms with Crippen LogP contribution in [0.2, 0.25) is 0 Å². The molecule has 138 valence electrons. The number of aromatic nitrogens is 2. The molecule has 4 nitrogen and oxygen atoms in total. The second kappa shape index (κ2) is 6.49. The largest absolute Gasteiger partial charge is 0.464 e. The van der Waals surface area contributed by atoms with Crippen LogP contribution < -0.4 is 0 Å². The quantitative estimate of drug-likeness (QED) is 0.763. The van der Waals surface area contributed by atoms with Crippen LogP contribution in [0.1, 0.15) is 79.0 Å². The van der Waals surface area contributed by atoms with E-state index in [0.717, 1.165) is 5.69 Å². The standard InChI is InChI=1S/C22H28N2O2/c1-14-9-17-18(22(4,5)8-7-21(17,2)3)11-15(14)10-16-12-24-19(13-23-16)20(25)26-6/h9,11-13H,7-8,10H2,1-6H3. The minimum atomic E-state index is -0.460. The average Bonchev–Trinajstić information content (AvgIpc) is 2.60. The highest BCUT2D eigenvalue weighted by Gasteiger charge is 2.37. The smallest absolute Gasteiger partial charge is 0.358 e. The Morgan fingerprint density at radius 3 is 2.19 bits per heavy atom. The van der Waals surface area contributed by atoms with E-state index in [4.69, 9.17) is 0 Å². The molecule has 0 fully saturated rings. The number of aryl methyl sites for hydroxylation is 1. The normalized spacial score (nSPS) is 17.5. The molecule has 2 aromatic rings. The first-order valence-electron chi connectivity index (χ1n) is 9.18. The Balaban J connectivity index is 1.96. The first-order valence-corrected chi connectivity index (χ1v) is 9.18. The lowest BCUT2D eigenvalue weighted by molar-refractivity contribution is 0.0593. The fraction of sp³-hybridized carbons (Fsp3) is 0.500. The molecule has 0 spiro atoms. The van der Waals surface area contributed by atoms with Gasteiger partial charge in [-0.3, -0.25) is 4.98 Å². The Bertz CT molecular complexity index is 836. The van der Waals surface area contributed by atoms with Gasteiger partial charge < -0.3 is 4.74 Å². The van der Waals surface area contributed by atoms with Crippen molar-refractivity contribution in [2.45, 2.75) is 64.7 Å². The number of carbonyl (C=O) groups is 1. The minimum absolute atomic E-state index is 0.188. The van der Waals surface area contributed by atoms with Crippen molar-refractivity contribution in [3.63, 3.8) is 0 Å². The Morgan fingerprint density at radius 1 is 1.04 bits per heavy atom. The molecule has 3 rings (SSSR count). The summed E-state index contributed by atoms with van der Waals surface area (Å²) in [4.78, 5) is 20.1. The SMILES string of the molecule is COC(=O)c1cnc(Cc2cc3c(cc2C)C(C)(C)CCC3(C)C)cn1. The Kier molecular flexibility index (Phi) is 4.63. The van der Waals surface area contributed by atoms with E-state index >= 15 is 0 Å². The van der Waals surface area contributed by atoms with Crippen LogP contribution in [0.4, 0.5) is 0 Å². The molecule has 0 unspecified atom stereocenters. The molecule has 0 atom stereocenters. The third-order valence-corrected chi connectivity index (χ3v) is 5.78. The maximum atomic E-state index is 11.5. The highest BCUT2D eigenvalue weighted by Crippen LogP contribution is 2.46. The van der Waals surface area contributed by atoms with Gasteiger partial charge in [0.15, 0.2) is 5.69 Å². The molecular weight excluding hydrogens is 324 g/mol. The van der Waals surface area contributed by atoms with Crippen LogP contribution in [0.3, 0.4) is 0 Å². The molecule has 0 bridgehead atoms. The van der Waals surface area contributed by atoms with Gasteiger partial charge >= 0.3 is 5.97 Å². The summed E-state index contributed by atoms with van der Waals surface area (Å²) < 4.78 is 4.68. The number of hydrogen-bond donors (Lipinski definition) is 0. The third-order valence-electron chi connectivity index (χ3n) is 5.78. The zero-order chi connectivity index (χ0) is 19.1. The number of rotatable bonds is 3. The molecule has 0 saturated heterocycles. The average molecular weight is 352 g/mol.